The Morgan fingerprint density at radius 1 is 1.07 bits per heavy atom. The molecule has 0 radical (unpaired) electrons. The number of aryl methyl sites for hydroxylation is 2. The molecular weight excluding hydrogens is 402 g/mol. The summed E-state index contributed by atoms with van der Waals surface area (Å²) in [5, 5.41) is 6.36. The van der Waals surface area contributed by atoms with Gasteiger partial charge in [0, 0.05) is 56.7 Å². The lowest BCUT2D eigenvalue weighted by Crippen LogP contribution is -2.46. The van der Waals surface area contributed by atoms with Crippen molar-refractivity contribution in [3.8, 4) is 0 Å². The Kier molecular flexibility index (Phi) is 5.00. The fourth-order valence-corrected chi connectivity index (χ4v) is 4.43. The van der Waals surface area contributed by atoms with Crippen molar-refractivity contribution in [1.82, 2.24) is 19.2 Å². The number of anilines is 1. The summed E-state index contributed by atoms with van der Waals surface area (Å²) in [5.41, 5.74) is 3.61. The molecule has 30 heavy (non-hydrogen) atoms. The smallest absolute Gasteiger partial charge is 0.405 e. The Labute approximate surface area is 179 Å². The quantitative estimate of drug-likeness (QED) is 0.490. The third-order valence-corrected chi connectivity index (χ3v) is 6.20. The van der Waals surface area contributed by atoms with Crippen molar-refractivity contribution < 1.29 is 4.42 Å². The zero-order chi connectivity index (χ0) is 20.7. The number of oxazole rings is 1. The molecule has 1 aliphatic rings. The average molecular weight is 426 g/mol. The number of hydrogen-bond acceptors (Lipinski definition) is 5. The van der Waals surface area contributed by atoms with Gasteiger partial charge in [0.15, 0.2) is 5.58 Å². The zero-order valence-corrected chi connectivity index (χ0v) is 17.7. The van der Waals surface area contributed by atoms with E-state index in [1.165, 1.54) is 0 Å². The predicted molar refractivity (Wildman–Crippen MR) is 119 cm³/mol. The van der Waals surface area contributed by atoms with Gasteiger partial charge >= 0.3 is 5.76 Å². The minimum Gasteiger partial charge on any atom is -0.405 e. The number of aromatic nitrogens is 3. The molecule has 7 nitrogen and oxygen atoms in total. The number of nitrogens with zero attached hydrogens (tertiary/aromatic N) is 5. The first kappa shape index (κ1) is 19.2. The number of rotatable bonds is 5. The summed E-state index contributed by atoms with van der Waals surface area (Å²) >= 11 is 6.13. The van der Waals surface area contributed by atoms with Crippen LogP contribution in [0, 0.1) is 0 Å². The van der Waals surface area contributed by atoms with E-state index < -0.39 is 0 Å². The van der Waals surface area contributed by atoms with Crippen LogP contribution in [0.25, 0.3) is 22.0 Å². The van der Waals surface area contributed by atoms with Crippen LogP contribution in [0.3, 0.4) is 0 Å². The van der Waals surface area contributed by atoms with Gasteiger partial charge in [-0.05, 0) is 36.8 Å². The second kappa shape index (κ2) is 7.81. The zero-order valence-electron chi connectivity index (χ0n) is 16.9. The fraction of sp³-hybridized carbons (Fsp3) is 0.364. The molecule has 1 saturated heterocycles. The highest BCUT2D eigenvalue weighted by molar-refractivity contribution is 6.31. The molecule has 0 atom stereocenters. The molecule has 0 unspecified atom stereocenters. The van der Waals surface area contributed by atoms with Gasteiger partial charge in [-0.15, -0.1) is 0 Å². The molecule has 4 aromatic rings. The summed E-state index contributed by atoms with van der Waals surface area (Å²) < 4.78 is 9.09. The van der Waals surface area contributed by atoms with Crippen LogP contribution in [0.4, 0.5) is 5.69 Å². The minimum atomic E-state index is -0.316. The maximum Gasteiger partial charge on any atom is 0.419 e. The lowest BCUT2D eigenvalue weighted by molar-refractivity contribution is 0.249. The van der Waals surface area contributed by atoms with Crippen molar-refractivity contribution in [3.05, 3.63) is 58.2 Å². The van der Waals surface area contributed by atoms with E-state index in [1.54, 1.807) is 11.6 Å². The van der Waals surface area contributed by atoms with Crippen molar-refractivity contribution in [2.45, 2.75) is 13.0 Å². The highest BCUT2D eigenvalue weighted by Gasteiger charge is 2.21. The molecule has 0 aliphatic carbocycles. The maximum absolute atomic E-state index is 11.9. The van der Waals surface area contributed by atoms with E-state index in [4.69, 9.17) is 16.0 Å². The SMILES string of the molecule is Cn1c(=O)oc2c(N3CCN(CCCn4ncc5ccc(Cl)cc54)CC3)cccc21. The summed E-state index contributed by atoms with van der Waals surface area (Å²) in [4.78, 5) is 16.7. The van der Waals surface area contributed by atoms with Gasteiger partial charge in [-0.2, -0.15) is 5.10 Å². The molecule has 1 aliphatic heterocycles. The third kappa shape index (κ3) is 3.48. The van der Waals surface area contributed by atoms with Gasteiger partial charge < -0.3 is 9.32 Å². The molecular formula is C22H24ClN5O2. The second-order valence-electron chi connectivity index (χ2n) is 7.81. The predicted octanol–water partition coefficient (Wildman–Crippen LogP) is 3.35. The number of para-hydroxylation sites is 1. The van der Waals surface area contributed by atoms with E-state index in [0.29, 0.717) is 5.58 Å². The lowest BCUT2D eigenvalue weighted by Gasteiger charge is -2.36. The van der Waals surface area contributed by atoms with E-state index in [2.05, 4.69) is 14.9 Å². The summed E-state index contributed by atoms with van der Waals surface area (Å²) in [5.74, 6) is -0.316. The molecule has 2 aromatic carbocycles. The maximum atomic E-state index is 11.9. The minimum absolute atomic E-state index is 0.316. The Morgan fingerprint density at radius 2 is 1.90 bits per heavy atom. The molecule has 1 fully saturated rings. The van der Waals surface area contributed by atoms with Crippen LogP contribution in [0.2, 0.25) is 5.02 Å². The number of benzene rings is 2. The largest absolute Gasteiger partial charge is 0.419 e. The number of halogens is 1. The summed E-state index contributed by atoms with van der Waals surface area (Å²) in [6.07, 6.45) is 2.93. The summed E-state index contributed by atoms with van der Waals surface area (Å²) in [7, 11) is 1.74. The molecule has 2 aromatic heterocycles. The standard InChI is InChI=1S/C22H24ClN5O2/c1-25-18-4-2-5-19(21(18)30-22(25)29)27-12-10-26(11-13-27)8-3-9-28-20-14-17(23)7-6-16(20)15-24-28/h2,4-7,14-15H,3,8-13H2,1H3. The first-order chi connectivity index (χ1) is 14.6. The molecule has 5 rings (SSSR count). The van der Waals surface area contributed by atoms with Crippen molar-refractivity contribution in [1.29, 1.82) is 0 Å². The van der Waals surface area contributed by atoms with Crippen LogP contribution in [-0.2, 0) is 13.6 Å². The number of hydrogen-bond donors (Lipinski definition) is 0. The fourth-order valence-electron chi connectivity index (χ4n) is 4.26. The topological polar surface area (TPSA) is 59.4 Å². The molecule has 156 valence electrons. The lowest BCUT2D eigenvalue weighted by atomic mass is 10.2. The first-order valence-electron chi connectivity index (χ1n) is 10.3. The van der Waals surface area contributed by atoms with E-state index in [0.717, 1.165) is 72.8 Å². The van der Waals surface area contributed by atoms with Crippen molar-refractivity contribution in [2.24, 2.45) is 7.05 Å². The molecule has 8 heteroatoms. The average Bonchev–Trinajstić information content (AvgIpc) is 3.29. The van der Waals surface area contributed by atoms with E-state index in [-0.39, 0.29) is 5.76 Å². The Hall–Kier alpha value is -2.77. The highest BCUT2D eigenvalue weighted by Crippen LogP contribution is 2.27. The van der Waals surface area contributed by atoms with Gasteiger partial charge in [-0.25, -0.2) is 4.79 Å². The third-order valence-electron chi connectivity index (χ3n) is 5.96. The van der Waals surface area contributed by atoms with E-state index >= 15 is 0 Å². The van der Waals surface area contributed by atoms with Gasteiger partial charge in [0.1, 0.15) is 0 Å². The molecule has 0 saturated carbocycles. The Balaban J connectivity index is 1.19. The molecule has 0 N–H and O–H groups in total. The van der Waals surface area contributed by atoms with E-state index in [9.17, 15) is 4.79 Å². The van der Waals surface area contributed by atoms with Gasteiger partial charge in [-0.1, -0.05) is 17.7 Å². The monoisotopic (exact) mass is 425 g/mol. The van der Waals surface area contributed by atoms with Crippen LogP contribution >= 0.6 is 11.6 Å². The Bertz CT molecular complexity index is 1250. The highest BCUT2D eigenvalue weighted by atomic mass is 35.5. The van der Waals surface area contributed by atoms with Gasteiger partial charge in [0.25, 0.3) is 0 Å². The number of piperazine rings is 1. The van der Waals surface area contributed by atoms with Gasteiger partial charge in [0.2, 0.25) is 0 Å². The van der Waals surface area contributed by atoms with Gasteiger partial charge in [0.05, 0.1) is 22.9 Å². The van der Waals surface area contributed by atoms with Crippen LogP contribution in [0.15, 0.2) is 51.8 Å². The second-order valence-corrected chi connectivity index (χ2v) is 8.24. The van der Waals surface area contributed by atoms with Crippen LogP contribution in [0.1, 0.15) is 6.42 Å². The molecule has 0 bridgehead atoms. The molecule has 0 amide bonds. The van der Waals surface area contributed by atoms with Gasteiger partial charge in [-0.3, -0.25) is 14.1 Å². The molecule has 3 heterocycles. The van der Waals surface area contributed by atoms with Crippen molar-refractivity contribution in [3.63, 3.8) is 0 Å². The van der Waals surface area contributed by atoms with Crippen LogP contribution in [0.5, 0.6) is 0 Å². The van der Waals surface area contributed by atoms with Crippen LogP contribution in [-0.4, -0.2) is 52.0 Å². The summed E-state index contributed by atoms with van der Waals surface area (Å²) in [6, 6.07) is 11.8. The van der Waals surface area contributed by atoms with Crippen molar-refractivity contribution >= 4 is 39.3 Å². The van der Waals surface area contributed by atoms with E-state index in [1.807, 2.05) is 47.3 Å². The first-order valence-corrected chi connectivity index (χ1v) is 10.6. The summed E-state index contributed by atoms with van der Waals surface area (Å²) in [6.45, 7) is 5.70. The number of fused-ring (bicyclic) bond motifs is 2. The molecule has 0 spiro atoms. The normalized spacial score (nSPS) is 15.5. The van der Waals surface area contributed by atoms with Crippen molar-refractivity contribution in [2.75, 3.05) is 37.6 Å². The Morgan fingerprint density at radius 3 is 2.73 bits per heavy atom. The van der Waals surface area contributed by atoms with Crippen LogP contribution < -0.4 is 10.7 Å².